The second-order valence-electron chi connectivity index (χ2n) is 7.22. The third kappa shape index (κ3) is 3.03. The first-order valence-electron chi connectivity index (χ1n) is 9.59. The number of aryl methyl sites for hydroxylation is 1. The van der Waals surface area contributed by atoms with Gasteiger partial charge in [0.25, 0.3) is 5.56 Å². The molecule has 7 heteroatoms. The Morgan fingerprint density at radius 1 is 1.14 bits per heavy atom. The van der Waals surface area contributed by atoms with Gasteiger partial charge in [0.15, 0.2) is 0 Å². The molecule has 3 aliphatic heterocycles. The Bertz CT molecular complexity index is 1120. The molecule has 3 aliphatic rings. The Morgan fingerprint density at radius 2 is 2.00 bits per heavy atom. The second kappa shape index (κ2) is 6.76. The normalized spacial score (nSPS) is 19.2. The standard InChI is InChI=1S/C21H22N6O/c1-14-23-19-4-2-15(12-17(19)21(28)24-14)18-6-9-27-13-16(3-5-20(27)25-18)26-10-7-22-8-11-26/h2-6,12-13,22H,7-11H2,1H3,(H,23,24,28). The van der Waals surface area contributed by atoms with Crippen LogP contribution in [0.25, 0.3) is 16.6 Å². The number of rotatable bonds is 2. The number of hydrogen-bond acceptors (Lipinski definition) is 6. The van der Waals surface area contributed by atoms with Crippen LogP contribution in [-0.4, -0.2) is 58.3 Å². The number of H-pyrrole nitrogens is 1. The van der Waals surface area contributed by atoms with Gasteiger partial charge in [-0.2, -0.15) is 0 Å². The van der Waals surface area contributed by atoms with E-state index in [1.165, 1.54) is 5.70 Å². The summed E-state index contributed by atoms with van der Waals surface area (Å²) < 4.78 is 0. The molecule has 2 aromatic rings. The SMILES string of the molecule is Cc1nc2ccc(C3=CCN4C=C(N5CCNCC5)C=CC4=N3)cc2c(=O)[nH]1. The minimum Gasteiger partial charge on any atom is -0.368 e. The zero-order valence-electron chi connectivity index (χ0n) is 15.8. The summed E-state index contributed by atoms with van der Waals surface area (Å²) in [6, 6.07) is 5.74. The maximum atomic E-state index is 12.3. The van der Waals surface area contributed by atoms with Crippen LogP contribution in [0.1, 0.15) is 11.4 Å². The summed E-state index contributed by atoms with van der Waals surface area (Å²) in [5.41, 5.74) is 3.64. The van der Waals surface area contributed by atoms with E-state index in [4.69, 9.17) is 4.99 Å². The van der Waals surface area contributed by atoms with Crippen LogP contribution < -0.4 is 10.9 Å². The van der Waals surface area contributed by atoms with Gasteiger partial charge in [-0.25, -0.2) is 9.98 Å². The molecule has 4 heterocycles. The van der Waals surface area contributed by atoms with Gasteiger partial charge in [-0.1, -0.05) is 6.07 Å². The lowest BCUT2D eigenvalue weighted by atomic mass is 10.1. The maximum Gasteiger partial charge on any atom is 0.258 e. The van der Waals surface area contributed by atoms with Gasteiger partial charge < -0.3 is 20.1 Å². The predicted molar refractivity (Wildman–Crippen MR) is 111 cm³/mol. The third-order valence-corrected chi connectivity index (χ3v) is 5.30. The summed E-state index contributed by atoms with van der Waals surface area (Å²) in [6.45, 7) is 6.63. The molecular weight excluding hydrogens is 352 g/mol. The average Bonchev–Trinajstić information content (AvgIpc) is 2.73. The van der Waals surface area contributed by atoms with Crippen molar-refractivity contribution in [2.45, 2.75) is 6.92 Å². The van der Waals surface area contributed by atoms with Crippen LogP contribution >= 0.6 is 0 Å². The first-order chi connectivity index (χ1) is 13.7. The Labute approximate surface area is 162 Å². The molecule has 0 aliphatic carbocycles. The summed E-state index contributed by atoms with van der Waals surface area (Å²) in [6.07, 6.45) is 8.49. The molecule has 1 fully saturated rings. The average molecular weight is 374 g/mol. The molecule has 28 heavy (non-hydrogen) atoms. The fourth-order valence-corrected chi connectivity index (χ4v) is 3.83. The molecule has 0 amide bonds. The smallest absolute Gasteiger partial charge is 0.258 e. The van der Waals surface area contributed by atoms with E-state index in [0.29, 0.717) is 16.7 Å². The van der Waals surface area contributed by atoms with Gasteiger partial charge in [0.05, 0.1) is 22.3 Å². The number of hydrogen-bond donors (Lipinski definition) is 2. The van der Waals surface area contributed by atoms with E-state index in [2.05, 4.69) is 49.5 Å². The molecular formula is C21H22N6O. The van der Waals surface area contributed by atoms with Crippen LogP contribution in [0.4, 0.5) is 0 Å². The van der Waals surface area contributed by atoms with Crippen LogP contribution in [0, 0.1) is 6.92 Å². The lowest BCUT2D eigenvalue weighted by Crippen LogP contribution is -2.44. The van der Waals surface area contributed by atoms with Crippen molar-refractivity contribution in [2.75, 3.05) is 32.7 Å². The molecule has 1 aromatic heterocycles. The summed E-state index contributed by atoms with van der Waals surface area (Å²) in [5.74, 6) is 1.55. The van der Waals surface area contributed by atoms with Gasteiger partial charge in [-0.3, -0.25) is 4.79 Å². The van der Waals surface area contributed by atoms with Gasteiger partial charge in [-0.05, 0) is 37.3 Å². The monoisotopic (exact) mass is 374 g/mol. The zero-order valence-corrected chi connectivity index (χ0v) is 15.8. The van der Waals surface area contributed by atoms with Crippen molar-refractivity contribution >= 4 is 22.4 Å². The number of aliphatic imine (C=N–C) groups is 1. The van der Waals surface area contributed by atoms with E-state index in [0.717, 1.165) is 49.8 Å². The lowest BCUT2D eigenvalue weighted by molar-refractivity contribution is 0.302. The Morgan fingerprint density at radius 3 is 2.86 bits per heavy atom. The summed E-state index contributed by atoms with van der Waals surface area (Å²) >= 11 is 0. The van der Waals surface area contributed by atoms with Crippen molar-refractivity contribution in [1.29, 1.82) is 0 Å². The number of nitrogens with zero attached hydrogens (tertiary/aromatic N) is 4. The lowest BCUT2D eigenvalue weighted by Gasteiger charge is -2.34. The van der Waals surface area contributed by atoms with Gasteiger partial charge in [0.1, 0.15) is 11.7 Å². The van der Waals surface area contributed by atoms with Crippen molar-refractivity contribution < 1.29 is 0 Å². The first-order valence-corrected chi connectivity index (χ1v) is 9.59. The highest BCUT2D eigenvalue weighted by atomic mass is 16.1. The quantitative estimate of drug-likeness (QED) is 0.835. The zero-order chi connectivity index (χ0) is 19.1. The van der Waals surface area contributed by atoms with E-state index < -0.39 is 0 Å². The molecule has 0 bridgehead atoms. The number of piperazine rings is 1. The maximum absolute atomic E-state index is 12.3. The number of fused-ring (bicyclic) bond motifs is 2. The highest BCUT2D eigenvalue weighted by molar-refractivity contribution is 6.00. The van der Waals surface area contributed by atoms with Crippen molar-refractivity contribution in [1.82, 2.24) is 25.1 Å². The summed E-state index contributed by atoms with van der Waals surface area (Å²) in [4.78, 5) is 28.8. The van der Waals surface area contributed by atoms with Crippen LogP contribution in [0.3, 0.4) is 0 Å². The highest BCUT2D eigenvalue weighted by Crippen LogP contribution is 2.25. The Kier molecular flexibility index (Phi) is 4.09. The minimum atomic E-state index is -0.115. The highest BCUT2D eigenvalue weighted by Gasteiger charge is 2.20. The van der Waals surface area contributed by atoms with Crippen molar-refractivity contribution in [3.8, 4) is 0 Å². The molecule has 0 spiro atoms. The van der Waals surface area contributed by atoms with Crippen molar-refractivity contribution in [3.05, 3.63) is 70.1 Å². The topological polar surface area (TPSA) is 76.6 Å². The van der Waals surface area contributed by atoms with E-state index in [1.807, 2.05) is 18.2 Å². The minimum absolute atomic E-state index is 0.115. The van der Waals surface area contributed by atoms with E-state index in [9.17, 15) is 4.79 Å². The number of aromatic amines is 1. The Balaban J connectivity index is 1.43. The van der Waals surface area contributed by atoms with Gasteiger partial charge in [0, 0.05) is 44.5 Å². The third-order valence-electron chi connectivity index (χ3n) is 5.30. The molecule has 7 nitrogen and oxygen atoms in total. The molecule has 1 aromatic carbocycles. The summed E-state index contributed by atoms with van der Waals surface area (Å²) in [5, 5.41) is 3.97. The predicted octanol–water partition coefficient (Wildman–Crippen LogP) is 1.60. The number of nitrogens with one attached hydrogen (secondary N) is 2. The second-order valence-corrected chi connectivity index (χ2v) is 7.22. The molecule has 142 valence electrons. The van der Waals surface area contributed by atoms with Crippen LogP contribution in [0.2, 0.25) is 0 Å². The van der Waals surface area contributed by atoms with Crippen LogP contribution in [0.15, 0.2) is 58.1 Å². The first kappa shape index (κ1) is 16.9. The van der Waals surface area contributed by atoms with Gasteiger partial charge >= 0.3 is 0 Å². The van der Waals surface area contributed by atoms with E-state index >= 15 is 0 Å². The van der Waals surface area contributed by atoms with Crippen molar-refractivity contribution in [2.24, 2.45) is 4.99 Å². The van der Waals surface area contributed by atoms with Gasteiger partial charge in [-0.15, -0.1) is 0 Å². The fraction of sp³-hybridized carbons (Fsp3) is 0.286. The molecule has 5 rings (SSSR count). The molecule has 0 unspecified atom stereocenters. The number of amidine groups is 1. The van der Waals surface area contributed by atoms with Crippen LogP contribution in [0.5, 0.6) is 0 Å². The van der Waals surface area contributed by atoms with Crippen molar-refractivity contribution in [3.63, 3.8) is 0 Å². The number of aromatic nitrogens is 2. The number of allylic oxidation sites excluding steroid dienone is 1. The van der Waals surface area contributed by atoms with Gasteiger partial charge in [0.2, 0.25) is 0 Å². The molecule has 0 atom stereocenters. The fourth-order valence-electron chi connectivity index (χ4n) is 3.83. The number of benzene rings is 1. The Hall–Kier alpha value is -3.19. The molecule has 1 saturated heterocycles. The van der Waals surface area contributed by atoms with Crippen LogP contribution in [-0.2, 0) is 0 Å². The molecule has 0 saturated carbocycles. The largest absolute Gasteiger partial charge is 0.368 e. The summed E-state index contributed by atoms with van der Waals surface area (Å²) in [7, 11) is 0. The van der Waals surface area contributed by atoms with E-state index in [-0.39, 0.29) is 5.56 Å². The van der Waals surface area contributed by atoms with E-state index in [1.54, 1.807) is 6.92 Å². The molecule has 2 N–H and O–H groups in total. The molecule has 0 radical (unpaired) electrons.